The van der Waals surface area contributed by atoms with Gasteiger partial charge in [-0.05, 0) is 67.4 Å². The molecule has 1 N–H and O–H groups in total. The van der Waals surface area contributed by atoms with Crippen LogP contribution in [-0.4, -0.2) is 32.3 Å². The van der Waals surface area contributed by atoms with Crippen LogP contribution in [0.4, 0.5) is 5.69 Å². The number of nitrogens with zero attached hydrogens (tertiary/aromatic N) is 1. The Bertz CT molecular complexity index is 1140. The minimum atomic E-state index is -3.42. The molecule has 1 saturated heterocycles. The Morgan fingerprint density at radius 1 is 0.839 bits per heavy atom. The highest BCUT2D eigenvalue weighted by Crippen LogP contribution is 2.21. The van der Waals surface area contributed by atoms with E-state index < -0.39 is 9.84 Å². The van der Waals surface area contributed by atoms with E-state index in [4.69, 9.17) is 0 Å². The molecule has 0 saturated carbocycles. The summed E-state index contributed by atoms with van der Waals surface area (Å²) in [7, 11) is -3.42. The van der Waals surface area contributed by atoms with E-state index in [-0.39, 0.29) is 11.7 Å². The number of sulfone groups is 1. The van der Waals surface area contributed by atoms with E-state index in [9.17, 15) is 13.2 Å². The van der Waals surface area contributed by atoms with Gasteiger partial charge in [0.2, 0.25) is 0 Å². The maximum Gasteiger partial charge on any atom is 0.255 e. The number of hydrogen-bond donors (Lipinski definition) is 1. The Balaban J connectivity index is 1.43. The molecule has 0 bridgehead atoms. The molecule has 160 valence electrons. The molecule has 0 aromatic heterocycles. The summed E-state index contributed by atoms with van der Waals surface area (Å²) in [4.78, 5) is 15.5. The molecule has 1 aliphatic rings. The maximum atomic E-state index is 12.8. The van der Waals surface area contributed by atoms with Crippen molar-refractivity contribution in [2.75, 3.05) is 18.4 Å². The van der Waals surface area contributed by atoms with Gasteiger partial charge in [-0.15, -0.1) is 0 Å². The Kier molecular flexibility index (Phi) is 6.49. The van der Waals surface area contributed by atoms with Crippen LogP contribution in [0.5, 0.6) is 0 Å². The number of carbonyl (C=O) groups excluding carboxylic acids is 1. The number of likely N-dealkylation sites (tertiary alicyclic amines) is 1. The summed E-state index contributed by atoms with van der Waals surface area (Å²) >= 11 is 0. The average molecular weight is 435 g/mol. The summed E-state index contributed by atoms with van der Waals surface area (Å²) < 4.78 is 25.1. The van der Waals surface area contributed by atoms with Crippen LogP contribution in [0.3, 0.4) is 0 Å². The lowest BCUT2D eigenvalue weighted by Crippen LogP contribution is -2.20. The molecule has 1 heterocycles. The van der Waals surface area contributed by atoms with E-state index in [1.807, 2.05) is 24.3 Å². The maximum absolute atomic E-state index is 12.8. The second kappa shape index (κ2) is 9.45. The van der Waals surface area contributed by atoms with Crippen LogP contribution >= 0.6 is 0 Å². The zero-order valence-corrected chi connectivity index (χ0v) is 18.1. The van der Waals surface area contributed by atoms with Crippen LogP contribution in [-0.2, 0) is 22.1 Å². The SMILES string of the molecule is O=C(Nc1ccccc1CN1CCCC1)c1ccc(CS(=O)(=O)c2ccccc2)cc1. The van der Waals surface area contributed by atoms with Crippen molar-refractivity contribution in [1.82, 2.24) is 4.90 Å². The summed E-state index contributed by atoms with van der Waals surface area (Å²) in [6.07, 6.45) is 2.45. The van der Waals surface area contributed by atoms with Gasteiger partial charge in [0.1, 0.15) is 0 Å². The first kappa shape index (κ1) is 21.3. The highest BCUT2D eigenvalue weighted by molar-refractivity contribution is 7.90. The summed E-state index contributed by atoms with van der Waals surface area (Å²) in [5, 5.41) is 3.01. The highest BCUT2D eigenvalue weighted by Gasteiger charge is 2.17. The Morgan fingerprint density at radius 2 is 1.48 bits per heavy atom. The van der Waals surface area contributed by atoms with Crippen LogP contribution in [0, 0.1) is 0 Å². The minimum Gasteiger partial charge on any atom is -0.322 e. The lowest BCUT2D eigenvalue weighted by Gasteiger charge is -2.18. The van der Waals surface area contributed by atoms with Crippen LogP contribution in [0.1, 0.15) is 34.3 Å². The summed E-state index contributed by atoms with van der Waals surface area (Å²) in [6, 6.07) is 23.0. The summed E-state index contributed by atoms with van der Waals surface area (Å²) in [6.45, 7) is 3.01. The molecular weight excluding hydrogens is 408 g/mol. The number of rotatable bonds is 7. The first-order chi connectivity index (χ1) is 15.0. The molecule has 0 atom stereocenters. The molecule has 3 aromatic rings. The Morgan fingerprint density at radius 3 is 2.19 bits per heavy atom. The van der Waals surface area contributed by atoms with Crippen molar-refractivity contribution in [2.24, 2.45) is 0 Å². The van der Waals surface area contributed by atoms with Crippen molar-refractivity contribution in [3.8, 4) is 0 Å². The fourth-order valence-electron chi connectivity index (χ4n) is 3.84. The minimum absolute atomic E-state index is 0.0996. The fourth-order valence-corrected chi connectivity index (χ4v) is 5.21. The van der Waals surface area contributed by atoms with Crippen molar-refractivity contribution in [2.45, 2.75) is 30.0 Å². The molecule has 6 heteroatoms. The van der Waals surface area contributed by atoms with Crippen molar-refractivity contribution >= 4 is 21.4 Å². The number of carbonyl (C=O) groups is 1. The third-order valence-corrected chi connectivity index (χ3v) is 7.24. The lowest BCUT2D eigenvalue weighted by molar-refractivity contribution is 0.102. The highest BCUT2D eigenvalue weighted by atomic mass is 32.2. The molecule has 0 aliphatic carbocycles. The number of benzene rings is 3. The lowest BCUT2D eigenvalue weighted by atomic mass is 10.1. The van der Waals surface area contributed by atoms with Gasteiger partial charge in [-0.2, -0.15) is 0 Å². The van der Waals surface area contributed by atoms with E-state index in [1.165, 1.54) is 12.8 Å². The third kappa shape index (κ3) is 5.40. The van der Waals surface area contributed by atoms with Crippen LogP contribution in [0.25, 0.3) is 0 Å². The second-order valence-corrected chi connectivity index (χ2v) is 9.85. The molecule has 4 rings (SSSR count). The second-order valence-electron chi connectivity index (χ2n) is 7.86. The molecule has 1 aliphatic heterocycles. The van der Waals surface area contributed by atoms with Crippen LogP contribution < -0.4 is 5.32 Å². The monoisotopic (exact) mass is 434 g/mol. The van der Waals surface area contributed by atoms with E-state index in [1.54, 1.807) is 54.6 Å². The molecule has 1 amide bonds. The largest absolute Gasteiger partial charge is 0.322 e. The zero-order valence-electron chi connectivity index (χ0n) is 17.3. The van der Waals surface area contributed by atoms with Gasteiger partial charge in [-0.1, -0.05) is 48.5 Å². The number of para-hydroxylation sites is 1. The smallest absolute Gasteiger partial charge is 0.255 e. The predicted octanol–water partition coefficient (Wildman–Crippen LogP) is 4.51. The van der Waals surface area contributed by atoms with Gasteiger partial charge >= 0.3 is 0 Å². The van der Waals surface area contributed by atoms with E-state index in [0.29, 0.717) is 16.0 Å². The zero-order chi connectivity index (χ0) is 21.7. The van der Waals surface area contributed by atoms with Gasteiger partial charge in [0.25, 0.3) is 5.91 Å². The molecule has 5 nitrogen and oxygen atoms in total. The fraction of sp³-hybridized carbons (Fsp3) is 0.240. The Labute approximate surface area is 183 Å². The quantitative estimate of drug-likeness (QED) is 0.594. The molecule has 1 fully saturated rings. The molecule has 0 spiro atoms. The first-order valence-corrected chi connectivity index (χ1v) is 12.1. The number of hydrogen-bond acceptors (Lipinski definition) is 4. The van der Waals surface area contributed by atoms with Crippen molar-refractivity contribution in [1.29, 1.82) is 0 Å². The van der Waals surface area contributed by atoms with Gasteiger partial charge in [-0.25, -0.2) is 8.42 Å². The van der Waals surface area contributed by atoms with Gasteiger partial charge in [0.15, 0.2) is 9.84 Å². The molecular formula is C25H26N2O3S. The number of anilines is 1. The third-order valence-electron chi connectivity index (χ3n) is 5.53. The van der Waals surface area contributed by atoms with E-state index in [2.05, 4.69) is 10.2 Å². The molecule has 31 heavy (non-hydrogen) atoms. The standard InChI is InChI=1S/C25H26N2O3S/c28-25(26-24-11-5-4-8-22(24)18-27-16-6-7-17-27)21-14-12-20(13-15-21)19-31(29,30)23-9-2-1-3-10-23/h1-5,8-15H,6-7,16-19H2,(H,26,28). The van der Waals surface area contributed by atoms with Gasteiger partial charge < -0.3 is 5.32 Å². The molecule has 0 radical (unpaired) electrons. The van der Waals surface area contributed by atoms with Crippen molar-refractivity contribution in [3.05, 3.63) is 95.6 Å². The Hall–Kier alpha value is -2.96. The summed E-state index contributed by atoms with van der Waals surface area (Å²) in [5.41, 5.74) is 3.06. The average Bonchev–Trinajstić information content (AvgIpc) is 3.29. The summed E-state index contributed by atoms with van der Waals surface area (Å²) in [5.74, 6) is -0.302. The van der Waals surface area contributed by atoms with Crippen molar-refractivity contribution < 1.29 is 13.2 Å². The van der Waals surface area contributed by atoms with Crippen LogP contribution in [0.15, 0.2) is 83.8 Å². The van der Waals surface area contributed by atoms with Crippen molar-refractivity contribution in [3.63, 3.8) is 0 Å². The van der Waals surface area contributed by atoms with Gasteiger partial charge in [0.05, 0.1) is 10.6 Å². The molecule has 0 unspecified atom stereocenters. The van der Waals surface area contributed by atoms with Crippen LogP contribution in [0.2, 0.25) is 0 Å². The topological polar surface area (TPSA) is 66.5 Å². The molecule has 3 aromatic carbocycles. The van der Waals surface area contributed by atoms with Gasteiger partial charge in [0, 0.05) is 17.8 Å². The number of nitrogens with one attached hydrogen (secondary N) is 1. The normalized spacial score (nSPS) is 14.5. The van der Waals surface area contributed by atoms with E-state index in [0.717, 1.165) is 30.9 Å². The van der Waals surface area contributed by atoms with E-state index >= 15 is 0 Å². The predicted molar refractivity (Wildman–Crippen MR) is 123 cm³/mol. The first-order valence-electron chi connectivity index (χ1n) is 10.5. The number of amides is 1. The van der Waals surface area contributed by atoms with Gasteiger partial charge in [-0.3, -0.25) is 9.69 Å².